The molecule has 0 amide bonds. The van der Waals surface area contributed by atoms with Gasteiger partial charge in [0.05, 0.1) is 0 Å². The molecule has 0 aliphatic carbocycles. The zero-order valence-corrected chi connectivity index (χ0v) is 16.7. The highest BCUT2D eigenvalue weighted by Gasteiger charge is 2.09. The van der Waals surface area contributed by atoms with Crippen molar-refractivity contribution >= 4 is 22.6 Å². The van der Waals surface area contributed by atoms with Crippen LogP contribution in [-0.4, -0.2) is 13.3 Å². The molecule has 0 saturated carbocycles. The number of azide groups is 1. The number of rotatable bonds is 9. The summed E-state index contributed by atoms with van der Waals surface area (Å²) in [4.78, 5) is 2.68. The molecule has 0 aliphatic heterocycles. The molecule has 1 N–H and O–H groups in total. The van der Waals surface area contributed by atoms with Gasteiger partial charge in [0.25, 0.3) is 0 Å². The molecular formula is C19H23IN4O. The standard InChI is InChI=1S/C19H23IN4O/c1-14(16-5-3-7-18(20)11-16)9-10-22-15(2)17-6-4-8-19(12-17)25-13-23-24-21/h3-8,11-12,14-15,22H,9-10,13H2,1-2H3/t14-,15-/m0/s1. The first kappa shape index (κ1) is 19.6. The Balaban J connectivity index is 1.84. The molecular weight excluding hydrogens is 427 g/mol. The number of halogens is 1. The molecule has 2 rings (SSSR count). The SMILES string of the molecule is C[C@H](NCC[C@H](C)c1cccc(I)c1)c1cccc(OCN=[N+]=[N-])c1. The predicted molar refractivity (Wildman–Crippen MR) is 110 cm³/mol. The molecule has 0 bridgehead atoms. The average molecular weight is 450 g/mol. The van der Waals surface area contributed by atoms with Crippen molar-refractivity contribution in [2.24, 2.45) is 5.11 Å². The van der Waals surface area contributed by atoms with E-state index in [0.29, 0.717) is 11.7 Å². The Morgan fingerprint density at radius 2 is 1.92 bits per heavy atom. The number of hydrogen-bond donors (Lipinski definition) is 1. The van der Waals surface area contributed by atoms with Crippen molar-refractivity contribution in [2.45, 2.75) is 32.2 Å². The molecule has 2 atom stereocenters. The first-order valence-corrected chi connectivity index (χ1v) is 9.40. The van der Waals surface area contributed by atoms with Gasteiger partial charge in [-0.1, -0.05) is 36.3 Å². The number of nitrogens with one attached hydrogen (secondary N) is 1. The monoisotopic (exact) mass is 450 g/mol. The van der Waals surface area contributed by atoms with Crippen molar-refractivity contribution < 1.29 is 4.74 Å². The van der Waals surface area contributed by atoms with E-state index >= 15 is 0 Å². The highest BCUT2D eigenvalue weighted by Crippen LogP contribution is 2.22. The summed E-state index contributed by atoms with van der Waals surface area (Å²) < 4.78 is 6.68. The van der Waals surface area contributed by atoms with E-state index in [-0.39, 0.29) is 12.8 Å². The fraction of sp³-hybridized carbons (Fsp3) is 0.368. The van der Waals surface area contributed by atoms with Gasteiger partial charge in [-0.25, -0.2) is 0 Å². The van der Waals surface area contributed by atoms with Crippen LogP contribution in [0.1, 0.15) is 43.4 Å². The second-order valence-electron chi connectivity index (χ2n) is 6.00. The van der Waals surface area contributed by atoms with Crippen molar-refractivity contribution in [3.8, 4) is 5.75 Å². The molecule has 0 heterocycles. The van der Waals surface area contributed by atoms with Crippen molar-refractivity contribution in [3.63, 3.8) is 0 Å². The maximum absolute atomic E-state index is 8.29. The lowest BCUT2D eigenvalue weighted by Gasteiger charge is -2.18. The number of hydrogen-bond acceptors (Lipinski definition) is 3. The van der Waals surface area contributed by atoms with Gasteiger partial charge in [-0.3, -0.25) is 0 Å². The minimum absolute atomic E-state index is 0.00908. The van der Waals surface area contributed by atoms with Gasteiger partial charge in [0.1, 0.15) is 5.75 Å². The molecule has 0 saturated heterocycles. The maximum atomic E-state index is 8.29. The van der Waals surface area contributed by atoms with Gasteiger partial charge in [0, 0.05) is 14.5 Å². The van der Waals surface area contributed by atoms with Crippen molar-refractivity contribution in [1.82, 2.24) is 5.32 Å². The number of nitrogens with zero attached hydrogens (tertiary/aromatic N) is 3. The Labute approximate surface area is 162 Å². The zero-order chi connectivity index (χ0) is 18.1. The summed E-state index contributed by atoms with van der Waals surface area (Å²) >= 11 is 2.36. The van der Waals surface area contributed by atoms with Crippen LogP contribution in [0.15, 0.2) is 53.6 Å². The normalized spacial score (nSPS) is 12.9. The van der Waals surface area contributed by atoms with Crippen LogP contribution in [0, 0.1) is 3.57 Å². The molecule has 0 aliphatic rings. The smallest absolute Gasteiger partial charge is 0.167 e. The third-order valence-electron chi connectivity index (χ3n) is 4.16. The van der Waals surface area contributed by atoms with Crippen LogP contribution in [-0.2, 0) is 0 Å². The molecule has 0 fully saturated rings. The van der Waals surface area contributed by atoms with Crippen LogP contribution in [0.2, 0.25) is 0 Å². The second-order valence-corrected chi connectivity index (χ2v) is 7.24. The van der Waals surface area contributed by atoms with E-state index < -0.39 is 0 Å². The van der Waals surface area contributed by atoms with Gasteiger partial charge in [-0.15, -0.1) is 0 Å². The summed E-state index contributed by atoms with van der Waals surface area (Å²) in [6.07, 6.45) is 1.08. The van der Waals surface area contributed by atoms with E-state index in [9.17, 15) is 0 Å². The van der Waals surface area contributed by atoms with E-state index in [1.54, 1.807) is 0 Å². The molecule has 0 unspecified atom stereocenters. The van der Waals surface area contributed by atoms with E-state index in [2.05, 4.69) is 82.1 Å². The maximum Gasteiger partial charge on any atom is 0.167 e. The Morgan fingerprint density at radius 3 is 2.68 bits per heavy atom. The first-order chi connectivity index (χ1) is 12.1. The van der Waals surface area contributed by atoms with Crippen molar-refractivity contribution in [1.29, 1.82) is 0 Å². The lowest BCUT2D eigenvalue weighted by Crippen LogP contribution is -2.21. The minimum Gasteiger partial charge on any atom is -0.488 e. The fourth-order valence-corrected chi connectivity index (χ4v) is 3.18. The third kappa shape index (κ3) is 6.57. The Kier molecular flexibility index (Phi) is 8.04. The van der Waals surface area contributed by atoms with Crippen molar-refractivity contribution in [2.75, 3.05) is 13.3 Å². The van der Waals surface area contributed by atoms with Gasteiger partial charge >= 0.3 is 0 Å². The zero-order valence-electron chi connectivity index (χ0n) is 14.5. The highest BCUT2D eigenvalue weighted by atomic mass is 127. The molecule has 2 aromatic carbocycles. The molecule has 6 heteroatoms. The summed E-state index contributed by atoms with van der Waals surface area (Å²) in [5, 5.41) is 6.96. The third-order valence-corrected chi connectivity index (χ3v) is 4.83. The second kappa shape index (κ2) is 10.3. The molecule has 0 spiro atoms. The molecule has 5 nitrogen and oxygen atoms in total. The summed E-state index contributed by atoms with van der Waals surface area (Å²) in [6, 6.07) is 16.8. The molecule has 0 aromatic heterocycles. The van der Waals surface area contributed by atoms with Gasteiger partial charge in [0.2, 0.25) is 0 Å². The Morgan fingerprint density at radius 1 is 1.16 bits per heavy atom. The lowest BCUT2D eigenvalue weighted by molar-refractivity contribution is 0.328. The van der Waals surface area contributed by atoms with Crippen LogP contribution in [0.25, 0.3) is 10.4 Å². The van der Waals surface area contributed by atoms with Crippen LogP contribution >= 0.6 is 22.6 Å². The van der Waals surface area contributed by atoms with Gasteiger partial charge in [-0.2, -0.15) is 0 Å². The summed E-state index contributed by atoms with van der Waals surface area (Å²) in [6.45, 7) is 5.36. The van der Waals surface area contributed by atoms with Crippen LogP contribution in [0.5, 0.6) is 5.75 Å². The van der Waals surface area contributed by atoms with E-state index in [1.807, 2.05) is 18.2 Å². The Hall–Kier alpha value is -1.76. The van der Waals surface area contributed by atoms with E-state index in [4.69, 9.17) is 10.3 Å². The Bertz CT molecular complexity index is 731. The average Bonchev–Trinajstić information content (AvgIpc) is 2.62. The first-order valence-electron chi connectivity index (χ1n) is 8.32. The van der Waals surface area contributed by atoms with E-state index in [1.165, 1.54) is 9.13 Å². The van der Waals surface area contributed by atoms with Gasteiger partial charge < -0.3 is 10.1 Å². The lowest BCUT2D eigenvalue weighted by atomic mass is 9.97. The molecule has 25 heavy (non-hydrogen) atoms. The topological polar surface area (TPSA) is 70.0 Å². The number of benzene rings is 2. The summed E-state index contributed by atoms with van der Waals surface area (Å²) in [7, 11) is 0. The van der Waals surface area contributed by atoms with Crippen LogP contribution < -0.4 is 10.1 Å². The molecule has 0 radical (unpaired) electrons. The fourth-order valence-electron chi connectivity index (χ4n) is 2.62. The minimum atomic E-state index is 0.00908. The summed E-state index contributed by atoms with van der Waals surface area (Å²) in [5.74, 6) is 1.23. The quantitative estimate of drug-likeness (QED) is 0.228. The predicted octanol–water partition coefficient (Wildman–Crippen LogP) is 5.78. The van der Waals surface area contributed by atoms with Gasteiger partial charge in [-0.05, 0) is 89.3 Å². The van der Waals surface area contributed by atoms with Gasteiger partial charge in [0.15, 0.2) is 6.73 Å². The van der Waals surface area contributed by atoms with Crippen LogP contribution in [0.3, 0.4) is 0 Å². The molecule has 2 aromatic rings. The number of ether oxygens (including phenoxy) is 1. The summed E-state index contributed by atoms with van der Waals surface area (Å²) in [5.41, 5.74) is 10.8. The highest BCUT2D eigenvalue weighted by molar-refractivity contribution is 14.1. The molecule has 132 valence electrons. The van der Waals surface area contributed by atoms with E-state index in [0.717, 1.165) is 18.5 Å². The van der Waals surface area contributed by atoms with Crippen LogP contribution in [0.4, 0.5) is 0 Å². The largest absolute Gasteiger partial charge is 0.488 e. The van der Waals surface area contributed by atoms with Crippen molar-refractivity contribution in [3.05, 3.63) is 73.7 Å².